The summed E-state index contributed by atoms with van der Waals surface area (Å²) >= 11 is 0. The topological polar surface area (TPSA) is 17.1 Å². The average Bonchev–Trinajstić information content (AvgIpc) is 2.95. The Labute approximate surface area is 106 Å². The van der Waals surface area contributed by atoms with E-state index in [1.54, 1.807) is 0 Å². The number of carbonyl (C=O) groups is 1. The van der Waals surface area contributed by atoms with E-state index in [1.807, 2.05) is 0 Å². The van der Waals surface area contributed by atoms with Crippen LogP contribution in [0.1, 0.15) is 71.1 Å². The highest BCUT2D eigenvalue weighted by Gasteiger charge is 2.36. The van der Waals surface area contributed by atoms with Gasteiger partial charge < -0.3 is 0 Å². The highest BCUT2D eigenvalue weighted by molar-refractivity contribution is 5.99. The van der Waals surface area contributed by atoms with Crippen molar-refractivity contribution in [2.45, 2.75) is 71.1 Å². The van der Waals surface area contributed by atoms with Gasteiger partial charge in [-0.15, -0.1) is 0 Å². The molecule has 0 radical (unpaired) electrons. The molecular formula is C16H26O. The summed E-state index contributed by atoms with van der Waals surface area (Å²) in [6.07, 6.45) is 14.7. The molecule has 1 heteroatoms. The first-order valence-corrected chi connectivity index (χ1v) is 7.56. The Morgan fingerprint density at radius 1 is 1.18 bits per heavy atom. The van der Waals surface area contributed by atoms with Gasteiger partial charge in [-0.05, 0) is 50.0 Å². The van der Waals surface area contributed by atoms with E-state index in [2.05, 4.69) is 13.0 Å². The molecule has 2 rings (SSSR count). The molecule has 2 aliphatic rings. The molecule has 0 aromatic rings. The molecule has 0 aromatic heterocycles. The molecule has 1 atom stereocenters. The van der Waals surface area contributed by atoms with E-state index in [0.717, 1.165) is 30.8 Å². The van der Waals surface area contributed by atoms with Gasteiger partial charge in [-0.25, -0.2) is 0 Å². The standard InChI is InChI=1S/C16H26O/c1-2-3-4-5-10-14-11-12-15(16(14)17)13-8-6-7-9-13/h10,13,15H,2-9,11-12H2,1H3/b14-10-. The number of rotatable bonds is 5. The fourth-order valence-corrected chi connectivity index (χ4v) is 3.49. The molecule has 0 heterocycles. The predicted octanol–water partition coefficient (Wildman–Crippen LogP) is 4.66. The molecule has 0 aromatic carbocycles. The first-order valence-electron chi connectivity index (χ1n) is 7.56. The lowest BCUT2D eigenvalue weighted by molar-refractivity contribution is -0.119. The van der Waals surface area contributed by atoms with Crippen LogP contribution in [0.4, 0.5) is 0 Å². The molecular weight excluding hydrogens is 208 g/mol. The van der Waals surface area contributed by atoms with E-state index in [9.17, 15) is 4.79 Å². The molecule has 0 N–H and O–H groups in total. The van der Waals surface area contributed by atoms with Gasteiger partial charge in [-0.2, -0.15) is 0 Å². The lowest BCUT2D eigenvalue weighted by atomic mass is 9.88. The Bertz CT molecular complexity index is 284. The number of allylic oxidation sites excluding steroid dienone is 2. The molecule has 0 spiro atoms. The van der Waals surface area contributed by atoms with Crippen molar-refractivity contribution in [2.75, 3.05) is 0 Å². The maximum atomic E-state index is 12.3. The number of hydrogen-bond acceptors (Lipinski definition) is 1. The number of carbonyl (C=O) groups excluding carboxylic acids is 1. The SMILES string of the molecule is CCCCC/C=C1/CCC(C2CCCC2)C1=O. The summed E-state index contributed by atoms with van der Waals surface area (Å²) in [4.78, 5) is 12.3. The van der Waals surface area contributed by atoms with E-state index in [4.69, 9.17) is 0 Å². The van der Waals surface area contributed by atoms with Gasteiger partial charge in [0.05, 0.1) is 0 Å². The molecule has 0 aliphatic heterocycles. The van der Waals surface area contributed by atoms with Gasteiger partial charge in [0.25, 0.3) is 0 Å². The van der Waals surface area contributed by atoms with Crippen molar-refractivity contribution < 1.29 is 4.79 Å². The van der Waals surface area contributed by atoms with Crippen LogP contribution in [0.15, 0.2) is 11.6 Å². The minimum absolute atomic E-state index is 0.398. The van der Waals surface area contributed by atoms with Gasteiger partial charge in [-0.1, -0.05) is 38.7 Å². The third kappa shape index (κ3) is 3.20. The number of Topliss-reactive ketones (excluding diaryl/α,β-unsaturated/α-hetero) is 1. The van der Waals surface area contributed by atoms with Crippen LogP contribution in [0.2, 0.25) is 0 Å². The molecule has 0 amide bonds. The molecule has 2 saturated carbocycles. The van der Waals surface area contributed by atoms with E-state index < -0.39 is 0 Å². The summed E-state index contributed by atoms with van der Waals surface area (Å²) in [6.45, 7) is 2.23. The Hall–Kier alpha value is -0.590. The second-order valence-electron chi connectivity index (χ2n) is 5.78. The Morgan fingerprint density at radius 3 is 2.65 bits per heavy atom. The summed E-state index contributed by atoms with van der Waals surface area (Å²) in [7, 11) is 0. The van der Waals surface area contributed by atoms with Gasteiger partial charge in [0.2, 0.25) is 0 Å². The monoisotopic (exact) mass is 234 g/mol. The Kier molecular flexibility index (Phi) is 4.82. The second kappa shape index (κ2) is 6.37. The van der Waals surface area contributed by atoms with Crippen LogP contribution in [-0.2, 0) is 4.79 Å². The van der Waals surface area contributed by atoms with Crippen molar-refractivity contribution in [3.05, 3.63) is 11.6 Å². The first-order chi connectivity index (χ1) is 8.33. The van der Waals surface area contributed by atoms with E-state index in [-0.39, 0.29) is 0 Å². The third-order valence-electron chi connectivity index (χ3n) is 4.55. The molecule has 0 saturated heterocycles. The summed E-state index contributed by atoms with van der Waals surface area (Å²) in [5.41, 5.74) is 1.16. The van der Waals surface area contributed by atoms with Gasteiger partial charge in [-0.3, -0.25) is 4.79 Å². The largest absolute Gasteiger partial charge is 0.294 e. The van der Waals surface area contributed by atoms with Crippen LogP contribution in [0.25, 0.3) is 0 Å². The van der Waals surface area contributed by atoms with Crippen LogP contribution in [0.3, 0.4) is 0 Å². The molecule has 17 heavy (non-hydrogen) atoms. The summed E-state index contributed by atoms with van der Waals surface area (Å²) in [5.74, 6) is 1.63. The van der Waals surface area contributed by atoms with E-state index in [0.29, 0.717) is 11.7 Å². The Balaban J connectivity index is 1.83. The van der Waals surface area contributed by atoms with Crippen molar-refractivity contribution in [1.29, 1.82) is 0 Å². The lowest BCUT2D eigenvalue weighted by Crippen LogP contribution is -2.16. The van der Waals surface area contributed by atoms with Crippen LogP contribution in [0, 0.1) is 11.8 Å². The summed E-state index contributed by atoms with van der Waals surface area (Å²) in [6, 6.07) is 0. The quantitative estimate of drug-likeness (QED) is 0.499. The van der Waals surface area contributed by atoms with Gasteiger partial charge in [0.1, 0.15) is 0 Å². The molecule has 1 nitrogen and oxygen atoms in total. The minimum atomic E-state index is 0.398. The van der Waals surface area contributed by atoms with Crippen LogP contribution in [0.5, 0.6) is 0 Å². The first kappa shape index (κ1) is 12.9. The summed E-state index contributed by atoms with van der Waals surface area (Å²) < 4.78 is 0. The number of hydrogen-bond donors (Lipinski definition) is 0. The third-order valence-corrected chi connectivity index (χ3v) is 4.55. The molecule has 96 valence electrons. The number of ketones is 1. The smallest absolute Gasteiger partial charge is 0.161 e. The van der Waals surface area contributed by atoms with Crippen LogP contribution in [-0.4, -0.2) is 5.78 Å². The van der Waals surface area contributed by atoms with Crippen molar-refractivity contribution in [1.82, 2.24) is 0 Å². The molecule has 0 bridgehead atoms. The van der Waals surface area contributed by atoms with Gasteiger partial charge >= 0.3 is 0 Å². The van der Waals surface area contributed by atoms with Crippen LogP contribution < -0.4 is 0 Å². The zero-order valence-electron chi connectivity index (χ0n) is 11.2. The number of unbranched alkanes of at least 4 members (excludes halogenated alkanes) is 3. The predicted molar refractivity (Wildman–Crippen MR) is 71.9 cm³/mol. The zero-order chi connectivity index (χ0) is 12.1. The van der Waals surface area contributed by atoms with Crippen molar-refractivity contribution in [3.63, 3.8) is 0 Å². The fraction of sp³-hybridized carbons (Fsp3) is 0.812. The molecule has 2 aliphatic carbocycles. The fourth-order valence-electron chi connectivity index (χ4n) is 3.49. The Morgan fingerprint density at radius 2 is 1.94 bits per heavy atom. The molecule has 2 fully saturated rings. The lowest BCUT2D eigenvalue weighted by Gasteiger charge is -2.15. The van der Waals surface area contributed by atoms with Gasteiger partial charge in [0.15, 0.2) is 5.78 Å². The normalized spacial score (nSPS) is 28.4. The minimum Gasteiger partial charge on any atom is -0.294 e. The van der Waals surface area contributed by atoms with E-state index in [1.165, 1.54) is 44.9 Å². The van der Waals surface area contributed by atoms with Crippen LogP contribution >= 0.6 is 0 Å². The highest BCUT2D eigenvalue weighted by Crippen LogP contribution is 2.40. The average molecular weight is 234 g/mol. The highest BCUT2D eigenvalue weighted by atomic mass is 16.1. The maximum Gasteiger partial charge on any atom is 0.161 e. The maximum absolute atomic E-state index is 12.3. The zero-order valence-corrected chi connectivity index (χ0v) is 11.2. The summed E-state index contributed by atoms with van der Waals surface area (Å²) in [5, 5.41) is 0. The molecule has 1 unspecified atom stereocenters. The van der Waals surface area contributed by atoms with Crippen molar-refractivity contribution >= 4 is 5.78 Å². The van der Waals surface area contributed by atoms with E-state index >= 15 is 0 Å². The van der Waals surface area contributed by atoms with Gasteiger partial charge in [0, 0.05) is 5.92 Å². The van der Waals surface area contributed by atoms with Crippen molar-refractivity contribution in [2.24, 2.45) is 11.8 Å². The second-order valence-corrected chi connectivity index (χ2v) is 5.78. The van der Waals surface area contributed by atoms with Crippen molar-refractivity contribution in [3.8, 4) is 0 Å².